The molecule has 0 aromatic heterocycles. The number of carbonyl (C=O) groups excluding carboxylic acids is 2. The molecule has 18 heavy (non-hydrogen) atoms. The zero-order chi connectivity index (χ0) is 12.3. The Kier molecular flexibility index (Phi) is 13.4. The van der Waals surface area contributed by atoms with E-state index in [4.69, 9.17) is 4.74 Å². The first kappa shape index (κ1) is 26.0. The Morgan fingerprint density at radius 1 is 1.00 bits per heavy atom. The Morgan fingerprint density at radius 2 is 1.39 bits per heavy atom. The van der Waals surface area contributed by atoms with E-state index in [0.29, 0.717) is 13.0 Å². The Bertz CT molecular complexity index is 251. The Hall–Kier alpha value is -0.700. The third-order valence-electron chi connectivity index (χ3n) is 2.77. The number of Topliss-reactive ketones (excluding diaryl/α,β-unsaturated/α-hetero) is 2. The monoisotopic (exact) mass is 262 g/mol. The number of hydrogen-bond acceptors (Lipinski definition) is 3. The summed E-state index contributed by atoms with van der Waals surface area (Å²) in [6, 6.07) is 0. The average molecular weight is 262 g/mol. The second-order valence-electron chi connectivity index (χ2n) is 5.21. The second-order valence-corrected chi connectivity index (χ2v) is 5.21. The fourth-order valence-corrected chi connectivity index (χ4v) is 1.58. The van der Waals surface area contributed by atoms with Crippen LogP contribution in [0.5, 0.6) is 0 Å². The van der Waals surface area contributed by atoms with Gasteiger partial charge in [0, 0.05) is 19.1 Å². The Balaban J connectivity index is -0.000000327. The molecule has 3 nitrogen and oxygen atoms in total. The highest BCUT2D eigenvalue weighted by Gasteiger charge is 2.43. The predicted octanol–water partition coefficient (Wildman–Crippen LogP) is 4.14. The Morgan fingerprint density at radius 3 is 1.61 bits per heavy atom. The van der Waals surface area contributed by atoms with E-state index in [2.05, 4.69) is 0 Å². The molecular weight excluding hydrogens is 228 g/mol. The minimum absolute atomic E-state index is 0. The number of hydrogen-bond donors (Lipinski definition) is 0. The standard InChI is InChI=1S/C12H22O3.3CH4/c1-9(13)12(5,7-8-15-6)10(14)11(2,3)4;;;/h7-8H2,1-6H3;3*1H4. The lowest BCUT2D eigenvalue weighted by Gasteiger charge is -2.31. The number of methoxy groups -OCH3 is 1. The smallest absolute Gasteiger partial charge is 0.151 e. The molecule has 0 saturated carbocycles. The van der Waals surface area contributed by atoms with E-state index < -0.39 is 10.8 Å². The first-order valence-corrected chi connectivity index (χ1v) is 5.21. The van der Waals surface area contributed by atoms with Gasteiger partial charge in [-0.2, -0.15) is 0 Å². The molecule has 1 unspecified atom stereocenters. The van der Waals surface area contributed by atoms with Crippen LogP contribution in [0.15, 0.2) is 0 Å². The van der Waals surface area contributed by atoms with Crippen molar-refractivity contribution in [3.8, 4) is 0 Å². The van der Waals surface area contributed by atoms with Gasteiger partial charge in [-0.15, -0.1) is 0 Å². The number of ether oxygens (including phenoxy) is 1. The summed E-state index contributed by atoms with van der Waals surface area (Å²) < 4.78 is 4.95. The third-order valence-corrected chi connectivity index (χ3v) is 2.77. The zero-order valence-corrected chi connectivity index (χ0v) is 10.6. The molecule has 0 heterocycles. The van der Waals surface area contributed by atoms with Crippen molar-refractivity contribution in [2.75, 3.05) is 13.7 Å². The van der Waals surface area contributed by atoms with Crippen molar-refractivity contribution < 1.29 is 14.3 Å². The molecule has 0 radical (unpaired) electrons. The van der Waals surface area contributed by atoms with Gasteiger partial charge in [-0.25, -0.2) is 0 Å². The van der Waals surface area contributed by atoms with Gasteiger partial charge in [0.25, 0.3) is 0 Å². The number of ketones is 2. The lowest BCUT2D eigenvalue weighted by molar-refractivity contribution is -0.145. The van der Waals surface area contributed by atoms with E-state index in [9.17, 15) is 9.59 Å². The van der Waals surface area contributed by atoms with Gasteiger partial charge in [0.05, 0.1) is 5.41 Å². The van der Waals surface area contributed by atoms with E-state index in [1.807, 2.05) is 20.8 Å². The first-order valence-electron chi connectivity index (χ1n) is 5.21. The lowest BCUT2D eigenvalue weighted by Crippen LogP contribution is -2.42. The van der Waals surface area contributed by atoms with E-state index in [1.54, 1.807) is 14.0 Å². The maximum Gasteiger partial charge on any atom is 0.151 e. The van der Waals surface area contributed by atoms with Gasteiger partial charge in [0.1, 0.15) is 5.78 Å². The average Bonchev–Trinajstić information content (AvgIpc) is 2.11. The minimum Gasteiger partial charge on any atom is -0.385 e. The SMILES string of the molecule is C.C.C.COCCC(C)(C(C)=O)C(=O)C(C)(C)C. The molecule has 3 heteroatoms. The third kappa shape index (κ3) is 6.29. The summed E-state index contributed by atoms with van der Waals surface area (Å²) >= 11 is 0. The fourth-order valence-electron chi connectivity index (χ4n) is 1.58. The molecule has 0 fully saturated rings. The summed E-state index contributed by atoms with van der Waals surface area (Å²) in [6.45, 7) is 9.12. The lowest BCUT2D eigenvalue weighted by atomic mass is 9.69. The predicted molar refractivity (Wildman–Crippen MR) is 79.9 cm³/mol. The van der Waals surface area contributed by atoms with Gasteiger partial charge in [-0.3, -0.25) is 9.59 Å². The normalized spacial score (nSPS) is 13.2. The highest BCUT2D eigenvalue weighted by atomic mass is 16.5. The van der Waals surface area contributed by atoms with Crippen LogP contribution < -0.4 is 0 Å². The van der Waals surface area contributed by atoms with Crippen molar-refractivity contribution in [1.29, 1.82) is 0 Å². The molecule has 0 bridgehead atoms. The van der Waals surface area contributed by atoms with Gasteiger partial charge < -0.3 is 4.74 Å². The van der Waals surface area contributed by atoms with Crippen LogP contribution in [0.1, 0.15) is 63.3 Å². The van der Waals surface area contributed by atoms with E-state index in [-0.39, 0.29) is 33.8 Å². The van der Waals surface area contributed by atoms with E-state index in [1.165, 1.54) is 6.92 Å². The molecule has 0 N–H and O–H groups in total. The maximum atomic E-state index is 12.2. The van der Waals surface area contributed by atoms with Crippen molar-refractivity contribution in [2.24, 2.45) is 10.8 Å². The van der Waals surface area contributed by atoms with Crippen LogP contribution in [0, 0.1) is 10.8 Å². The molecule has 112 valence electrons. The summed E-state index contributed by atoms with van der Waals surface area (Å²) in [5.41, 5.74) is -1.40. The van der Waals surface area contributed by atoms with Crippen LogP contribution in [0.2, 0.25) is 0 Å². The molecule has 0 saturated heterocycles. The number of rotatable bonds is 5. The van der Waals surface area contributed by atoms with Crippen molar-refractivity contribution in [3.63, 3.8) is 0 Å². The van der Waals surface area contributed by atoms with Crippen molar-refractivity contribution >= 4 is 11.6 Å². The van der Waals surface area contributed by atoms with Crippen LogP contribution in [-0.2, 0) is 14.3 Å². The summed E-state index contributed by atoms with van der Waals surface area (Å²) in [5, 5.41) is 0. The van der Waals surface area contributed by atoms with Gasteiger partial charge >= 0.3 is 0 Å². The summed E-state index contributed by atoms with van der Waals surface area (Å²) in [4.78, 5) is 23.7. The zero-order valence-electron chi connectivity index (χ0n) is 10.6. The molecule has 0 aromatic rings. The molecule has 0 spiro atoms. The van der Waals surface area contributed by atoms with E-state index in [0.717, 1.165) is 0 Å². The van der Waals surface area contributed by atoms with Crippen LogP contribution in [0.25, 0.3) is 0 Å². The molecule has 0 aliphatic carbocycles. The highest BCUT2D eigenvalue weighted by Crippen LogP contribution is 2.33. The highest BCUT2D eigenvalue weighted by molar-refractivity contribution is 6.07. The topological polar surface area (TPSA) is 43.4 Å². The first-order chi connectivity index (χ1) is 6.66. The quantitative estimate of drug-likeness (QED) is 0.699. The minimum atomic E-state index is -0.908. The second kappa shape index (κ2) is 9.26. The maximum absolute atomic E-state index is 12.2. The van der Waals surface area contributed by atoms with Crippen LogP contribution in [-0.4, -0.2) is 25.3 Å². The van der Waals surface area contributed by atoms with Crippen molar-refractivity contribution in [1.82, 2.24) is 0 Å². The van der Waals surface area contributed by atoms with Gasteiger partial charge in [0.2, 0.25) is 0 Å². The molecule has 0 aliphatic rings. The van der Waals surface area contributed by atoms with Crippen LogP contribution >= 0.6 is 0 Å². The summed E-state index contributed by atoms with van der Waals surface area (Å²) in [5.74, 6) is -0.0981. The van der Waals surface area contributed by atoms with Gasteiger partial charge in [0.15, 0.2) is 5.78 Å². The fraction of sp³-hybridized carbons (Fsp3) is 0.867. The molecule has 0 aliphatic heterocycles. The van der Waals surface area contributed by atoms with Crippen molar-refractivity contribution in [3.05, 3.63) is 0 Å². The Labute approximate surface area is 114 Å². The van der Waals surface area contributed by atoms with Crippen LogP contribution in [0.3, 0.4) is 0 Å². The molecule has 1 atom stereocenters. The van der Waals surface area contributed by atoms with Crippen LogP contribution in [0.4, 0.5) is 0 Å². The van der Waals surface area contributed by atoms with Gasteiger partial charge in [-0.05, 0) is 20.3 Å². The largest absolute Gasteiger partial charge is 0.385 e. The molecule has 0 aromatic carbocycles. The molecule has 0 rings (SSSR count). The van der Waals surface area contributed by atoms with Crippen molar-refractivity contribution in [2.45, 2.75) is 63.3 Å². The summed E-state index contributed by atoms with van der Waals surface area (Å²) in [6.07, 6.45) is 0.453. The number of carbonyl (C=O) groups is 2. The summed E-state index contributed by atoms with van der Waals surface area (Å²) in [7, 11) is 1.57. The van der Waals surface area contributed by atoms with E-state index >= 15 is 0 Å². The molecule has 0 amide bonds. The molecular formula is C15H34O3. The van der Waals surface area contributed by atoms with Gasteiger partial charge in [-0.1, -0.05) is 43.1 Å².